The summed E-state index contributed by atoms with van der Waals surface area (Å²) >= 11 is 0. The van der Waals surface area contributed by atoms with Crippen molar-refractivity contribution in [2.24, 2.45) is 11.7 Å². The quantitative estimate of drug-likeness (QED) is 0.870. The number of rotatable bonds is 3. The number of aliphatic hydroxyl groups is 1. The van der Waals surface area contributed by atoms with Crippen LogP contribution in [0, 0.1) is 17.6 Å². The lowest BCUT2D eigenvalue weighted by Gasteiger charge is -2.30. The maximum atomic E-state index is 14.5. The van der Waals surface area contributed by atoms with Crippen LogP contribution in [0.25, 0.3) is 0 Å². The summed E-state index contributed by atoms with van der Waals surface area (Å²) < 4.78 is 28.2. The van der Waals surface area contributed by atoms with E-state index < -0.39 is 23.1 Å². The van der Waals surface area contributed by atoms with E-state index in [2.05, 4.69) is 0 Å². The van der Waals surface area contributed by atoms with E-state index in [0.29, 0.717) is 12.2 Å². The van der Waals surface area contributed by atoms with E-state index in [9.17, 15) is 18.7 Å². The summed E-state index contributed by atoms with van der Waals surface area (Å²) in [6.45, 7) is 0.432. The zero-order chi connectivity index (χ0) is 19.2. The van der Waals surface area contributed by atoms with Gasteiger partial charge in [-0.15, -0.1) is 0 Å². The molecule has 1 amide bonds. The summed E-state index contributed by atoms with van der Waals surface area (Å²) in [4.78, 5) is 14.8. The van der Waals surface area contributed by atoms with Gasteiger partial charge < -0.3 is 15.7 Å². The SMILES string of the molecule is N[C@H]1CC[C@H](CN2C(=O)C(O)(c3cc(F)ccc3F)c3ccccc32)CC1. The first-order valence-corrected chi connectivity index (χ1v) is 9.26. The fraction of sp³-hybridized carbons (Fsp3) is 0.381. The highest BCUT2D eigenvalue weighted by Gasteiger charge is 2.52. The number of benzene rings is 2. The molecule has 4 rings (SSSR count). The first-order chi connectivity index (χ1) is 12.9. The largest absolute Gasteiger partial charge is 0.372 e. The molecule has 0 spiro atoms. The van der Waals surface area contributed by atoms with Crippen LogP contribution in [-0.2, 0) is 10.4 Å². The van der Waals surface area contributed by atoms with Gasteiger partial charge in [0.1, 0.15) is 11.6 Å². The average molecular weight is 372 g/mol. The molecule has 1 atom stereocenters. The molecule has 1 saturated carbocycles. The molecule has 1 aliphatic heterocycles. The highest BCUT2D eigenvalue weighted by Crippen LogP contribution is 2.46. The van der Waals surface area contributed by atoms with Gasteiger partial charge in [-0.2, -0.15) is 0 Å². The number of nitrogens with two attached hydrogens (primary N) is 1. The summed E-state index contributed by atoms with van der Waals surface area (Å²) in [5, 5.41) is 11.3. The Bertz CT molecular complexity index is 880. The Morgan fingerprint density at radius 1 is 1.07 bits per heavy atom. The van der Waals surface area contributed by atoms with E-state index >= 15 is 0 Å². The first kappa shape index (κ1) is 18.1. The second kappa shape index (κ2) is 6.69. The van der Waals surface area contributed by atoms with E-state index in [0.717, 1.165) is 43.9 Å². The van der Waals surface area contributed by atoms with Crippen molar-refractivity contribution in [1.82, 2.24) is 0 Å². The smallest absolute Gasteiger partial charge is 0.268 e. The molecule has 2 aromatic rings. The van der Waals surface area contributed by atoms with Crippen molar-refractivity contribution in [2.75, 3.05) is 11.4 Å². The lowest BCUT2D eigenvalue weighted by atomic mass is 9.86. The molecule has 1 aliphatic carbocycles. The molecule has 6 heteroatoms. The van der Waals surface area contributed by atoms with Crippen molar-refractivity contribution in [3.8, 4) is 0 Å². The van der Waals surface area contributed by atoms with Gasteiger partial charge >= 0.3 is 0 Å². The van der Waals surface area contributed by atoms with Crippen molar-refractivity contribution < 1.29 is 18.7 Å². The van der Waals surface area contributed by atoms with Crippen molar-refractivity contribution in [3.05, 3.63) is 65.2 Å². The lowest BCUT2D eigenvalue weighted by Crippen LogP contribution is -2.44. The van der Waals surface area contributed by atoms with Crippen LogP contribution in [0.15, 0.2) is 42.5 Å². The maximum absolute atomic E-state index is 14.5. The van der Waals surface area contributed by atoms with Crippen LogP contribution in [0.3, 0.4) is 0 Å². The van der Waals surface area contributed by atoms with Gasteiger partial charge in [0.05, 0.1) is 5.69 Å². The fourth-order valence-electron chi connectivity index (χ4n) is 4.28. The van der Waals surface area contributed by atoms with E-state index in [1.54, 1.807) is 24.3 Å². The Labute approximate surface area is 156 Å². The predicted molar refractivity (Wildman–Crippen MR) is 98.1 cm³/mol. The monoisotopic (exact) mass is 372 g/mol. The molecule has 0 saturated heterocycles. The van der Waals surface area contributed by atoms with Crippen LogP contribution < -0.4 is 10.6 Å². The second-order valence-corrected chi connectivity index (χ2v) is 7.55. The van der Waals surface area contributed by atoms with Crippen molar-refractivity contribution >= 4 is 11.6 Å². The third kappa shape index (κ3) is 2.93. The first-order valence-electron chi connectivity index (χ1n) is 9.26. The van der Waals surface area contributed by atoms with Crippen molar-refractivity contribution in [2.45, 2.75) is 37.3 Å². The topological polar surface area (TPSA) is 66.6 Å². The molecular weight excluding hydrogens is 350 g/mol. The minimum atomic E-state index is -2.23. The number of carbonyl (C=O) groups excluding carboxylic acids is 1. The van der Waals surface area contributed by atoms with Gasteiger partial charge in [0.2, 0.25) is 0 Å². The highest BCUT2D eigenvalue weighted by molar-refractivity contribution is 6.09. The molecule has 0 radical (unpaired) electrons. The Kier molecular flexibility index (Phi) is 4.48. The minimum absolute atomic E-state index is 0.195. The summed E-state index contributed by atoms with van der Waals surface area (Å²) in [6.07, 6.45) is 3.61. The molecule has 1 heterocycles. The Hall–Kier alpha value is -2.31. The van der Waals surface area contributed by atoms with Crippen LogP contribution in [0.4, 0.5) is 14.5 Å². The lowest BCUT2D eigenvalue weighted by molar-refractivity contribution is -0.132. The molecule has 142 valence electrons. The van der Waals surface area contributed by atoms with Gasteiger partial charge in [-0.1, -0.05) is 18.2 Å². The Balaban J connectivity index is 1.74. The van der Waals surface area contributed by atoms with Crippen molar-refractivity contribution in [1.29, 1.82) is 0 Å². The third-order valence-electron chi connectivity index (χ3n) is 5.79. The minimum Gasteiger partial charge on any atom is -0.372 e. The predicted octanol–water partition coefficient (Wildman–Crippen LogP) is 3.06. The zero-order valence-electron chi connectivity index (χ0n) is 14.9. The number of hydrogen-bond donors (Lipinski definition) is 2. The molecule has 1 unspecified atom stereocenters. The molecule has 2 aliphatic rings. The number of nitrogens with zero attached hydrogens (tertiary/aromatic N) is 1. The zero-order valence-corrected chi connectivity index (χ0v) is 14.9. The molecule has 27 heavy (non-hydrogen) atoms. The van der Waals surface area contributed by atoms with Gasteiger partial charge in [-0.25, -0.2) is 8.78 Å². The van der Waals surface area contributed by atoms with Gasteiger partial charge in [-0.3, -0.25) is 4.79 Å². The maximum Gasteiger partial charge on any atom is 0.268 e. The van der Waals surface area contributed by atoms with Gasteiger partial charge in [0.25, 0.3) is 5.91 Å². The van der Waals surface area contributed by atoms with E-state index in [1.807, 2.05) is 0 Å². The van der Waals surface area contributed by atoms with Crippen LogP contribution >= 0.6 is 0 Å². The summed E-state index contributed by atoms with van der Waals surface area (Å²) in [5.74, 6) is -1.89. The summed E-state index contributed by atoms with van der Waals surface area (Å²) in [5.41, 5.74) is 4.21. The van der Waals surface area contributed by atoms with Gasteiger partial charge in [-0.05, 0) is 55.9 Å². The van der Waals surface area contributed by atoms with E-state index in [1.165, 1.54) is 4.90 Å². The molecule has 2 aromatic carbocycles. The van der Waals surface area contributed by atoms with Gasteiger partial charge in [0, 0.05) is 23.7 Å². The molecule has 4 nitrogen and oxygen atoms in total. The van der Waals surface area contributed by atoms with Gasteiger partial charge in [0.15, 0.2) is 5.60 Å². The van der Waals surface area contributed by atoms with E-state index in [-0.39, 0.29) is 23.1 Å². The molecular formula is C21H22F2N2O2. The number of fused-ring (bicyclic) bond motifs is 1. The third-order valence-corrected chi connectivity index (χ3v) is 5.79. The Morgan fingerprint density at radius 3 is 2.52 bits per heavy atom. The van der Waals surface area contributed by atoms with Crippen LogP contribution in [0.2, 0.25) is 0 Å². The number of anilines is 1. The summed E-state index contributed by atoms with van der Waals surface area (Å²) in [7, 11) is 0. The second-order valence-electron chi connectivity index (χ2n) is 7.55. The number of carbonyl (C=O) groups is 1. The summed E-state index contributed by atoms with van der Waals surface area (Å²) in [6, 6.07) is 9.76. The fourth-order valence-corrected chi connectivity index (χ4v) is 4.28. The molecule has 3 N–H and O–H groups in total. The van der Waals surface area contributed by atoms with Crippen LogP contribution in [0.5, 0.6) is 0 Å². The average Bonchev–Trinajstić information content (AvgIpc) is 2.88. The van der Waals surface area contributed by atoms with Crippen LogP contribution in [-0.4, -0.2) is 23.6 Å². The normalized spacial score (nSPS) is 27.7. The number of halogens is 2. The standard InChI is InChI=1S/C21H22F2N2O2/c22-14-7-10-18(23)17(11-14)21(27)16-3-1-2-4-19(16)25(20(21)26)12-13-5-8-15(24)9-6-13/h1-4,7,10-11,13,15,27H,5-6,8-9,12,24H2/t13-,15-,21?. The number of para-hydroxylation sites is 1. The van der Waals surface area contributed by atoms with Crippen LogP contribution in [0.1, 0.15) is 36.8 Å². The van der Waals surface area contributed by atoms with Crippen molar-refractivity contribution in [3.63, 3.8) is 0 Å². The molecule has 0 aromatic heterocycles. The molecule has 0 bridgehead atoms. The number of amides is 1. The highest BCUT2D eigenvalue weighted by atomic mass is 19.1. The molecule has 1 fully saturated rings. The number of hydrogen-bond acceptors (Lipinski definition) is 3. The van der Waals surface area contributed by atoms with E-state index in [4.69, 9.17) is 5.73 Å². The Morgan fingerprint density at radius 2 is 1.78 bits per heavy atom.